The first-order chi connectivity index (χ1) is 12.5. The van der Waals surface area contributed by atoms with Crippen LogP contribution < -0.4 is 10.4 Å². The average molecular weight is 373 g/mol. The van der Waals surface area contributed by atoms with E-state index in [2.05, 4.69) is 4.74 Å². The molecule has 0 fully saturated rings. The molecule has 7 heteroatoms. The molecule has 6 nitrogen and oxygen atoms in total. The summed E-state index contributed by atoms with van der Waals surface area (Å²) in [7, 11) is 1.25. The minimum absolute atomic E-state index is 0.104. The van der Waals surface area contributed by atoms with Gasteiger partial charge in [-0.3, -0.25) is 0 Å². The number of hydrogen-bond donors (Lipinski definition) is 0. The molecule has 0 aliphatic carbocycles. The highest BCUT2D eigenvalue weighted by Gasteiger charge is 2.17. The second-order valence-corrected chi connectivity index (χ2v) is 5.63. The first-order valence-corrected chi connectivity index (χ1v) is 8.08. The minimum Gasteiger partial charge on any atom is -0.465 e. The fraction of sp³-hybridized carbons (Fsp3) is 0.105. The summed E-state index contributed by atoms with van der Waals surface area (Å²) in [6.45, 7) is 0. The highest BCUT2D eigenvalue weighted by Crippen LogP contribution is 2.19. The number of hydrogen-bond acceptors (Lipinski definition) is 6. The van der Waals surface area contributed by atoms with Gasteiger partial charge in [-0.1, -0.05) is 12.1 Å². The number of halogens is 1. The number of methoxy groups -OCH3 is 1. The van der Waals surface area contributed by atoms with Crippen LogP contribution >= 0.6 is 11.6 Å². The lowest BCUT2D eigenvalue weighted by molar-refractivity contribution is 0.0597. The van der Waals surface area contributed by atoms with E-state index in [4.69, 9.17) is 20.8 Å². The van der Waals surface area contributed by atoms with Crippen LogP contribution in [-0.2, 0) is 10.6 Å². The van der Waals surface area contributed by atoms with Crippen molar-refractivity contribution in [2.45, 2.75) is 5.88 Å². The Morgan fingerprint density at radius 2 is 1.88 bits per heavy atom. The van der Waals surface area contributed by atoms with E-state index in [-0.39, 0.29) is 22.8 Å². The van der Waals surface area contributed by atoms with Gasteiger partial charge in [-0.2, -0.15) is 0 Å². The molecule has 0 radical (unpaired) electrons. The zero-order valence-corrected chi connectivity index (χ0v) is 14.4. The number of fused-ring (bicyclic) bond motifs is 1. The van der Waals surface area contributed by atoms with Gasteiger partial charge in [0.05, 0.1) is 12.7 Å². The fourth-order valence-electron chi connectivity index (χ4n) is 2.36. The Morgan fingerprint density at radius 1 is 1.08 bits per heavy atom. The normalized spacial score (nSPS) is 10.5. The van der Waals surface area contributed by atoms with Crippen molar-refractivity contribution >= 4 is 34.5 Å². The van der Waals surface area contributed by atoms with Gasteiger partial charge in [-0.25, -0.2) is 14.4 Å². The molecule has 3 aromatic rings. The predicted octanol–water partition coefficient (Wildman–Crippen LogP) is 3.54. The summed E-state index contributed by atoms with van der Waals surface area (Å²) in [5, 5.41) is 0.554. The lowest BCUT2D eigenvalue weighted by Gasteiger charge is -2.06. The third-order valence-corrected chi connectivity index (χ3v) is 3.95. The lowest BCUT2D eigenvalue weighted by Crippen LogP contribution is -2.18. The number of benzene rings is 2. The summed E-state index contributed by atoms with van der Waals surface area (Å²) in [6.07, 6.45) is 0. The summed E-state index contributed by atoms with van der Waals surface area (Å²) in [5.74, 6) is -1.07. The molecular formula is C19H13ClO6. The zero-order chi connectivity index (χ0) is 18.7. The third-order valence-electron chi connectivity index (χ3n) is 3.64. The molecule has 0 aliphatic heterocycles. The van der Waals surface area contributed by atoms with Gasteiger partial charge in [0.2, 0.25) is 0 Å². The Morgan fingerprint density at radius 3 is 2.62 bits per heavy atom. The molecule has 0 amide bonds. The van der Waals surface area contributed by atoms with Crippen molar-refractivity contribution in [2.24, 2.45) is 0 Å². The predicted molar refractivity (Wildman–Crippen MR) is 94.8 cm³/mol. The topological polar surface area (TPSA) is 82.8 Å². The molecule has 2 aromatic carbocycles. The van der Waals surface area contributed by atoms with E-state index in [9.17, 15) is 14.4 Å². The third kappa shape index (κ3) is 3.60. The SMILES string of the molecule is COC(=O)c1cccc(OC(=O)c2cc3cc(CCl)ccc3oc2=O)c1. The molecule has 132 valence electrons. The van der Waals surface area contributed by atoms with Crippen LogP contribution in [0.3, 0.4) is 0 Å². The van der Waals surface area contributed by atoms with E-state index in [0.29, 0.717) is 11.0 Å². The maximum Gasteiger partial charge on any atom is 0.351 e. The van der Waals surface area contributed by atoms with Gasteiger partial charge in [0, 0.05) is 11.3 Å². The van der Waals surface area contributed by atoms with Crippen LogP contribution in [0.1, 0.15) is 26.3 Å². The van der Waals surface area contributed by atoms with Crippen molar-refractivity contribution in [3.05, 3.63) is 75.6 Å². The monoisotopic (exact) mass is 372 g/mol. The standard InChI is InChI=1S/C19H13ClO6/c1-24-17(21)12-3-2-4-14(8-12)25-18(22)15-9-13-7-11(10-20)5-6-16(13)26-19(15)23/h2-9H,10H2,1H3. The highest BCUT2D eigenvalue weighted by atomic mass is 35.5. The Labute approximate surface area is 152 Å². The van der Waals surface area contributed by atoms with E-state index < -0.39 is 17.6 Å². The van der Waals surface area contributed by atoms with Crippen LogP contribution in [-0.4, -0.2) is 19.0 Å². The maximum absolute atomic E-state index is 12.4. The van der Waals surface area contributed by atoms with Gasteiger partial charge in [-0.15, -0.1) is 11.6 Å². The van der Waals surface area contributed by atoms with Crippen LogP contribution in [0.5, 0.6) is 5.75 Å². The van der Waals surface area contributed by atoms with Crippen LogP contribution in [0.4, 0.5) is 0 Å². The van der Waals surface area contributed by atoms with Gasteiger partial charge in [0.15, 0.2) is 0 Å². The summed E-state index contributed by atoms with van der Waals surface area (Å²) < 4.78 is 15.0. The van der Waals surface area contributed by atoms with Crippen LogP contribution in [0.25, 0.3) is 11.0 Å². The lowest BCUT2D eigenvalue weighted by atomic mass is 10.1. The molecule has 26 heavy (non-hydrogen) atoms. The van der Waals surface area contributed by atoms with Gasteiger partial charge in [0.25, 0.3) is 0 Å². The van der Waals surface area contributed by atoms with Crippen molar-refractivity contribution in [1.29, 1.82) is 0 Å². The number of carbonyl (C=O) groups excluding carboxylic acids is 2. The first-order valence-electron chi connectivity index (χ1n) is 7.55. The zero-order valence-electron chi connectivity index (χ0n) is 13.7. The van der Waals surface area contributed by atoms with Crippen LogP contribution in [0.15, 0.2) is 57.7 Å². The van der Waals surface area contributed by atoms with E-state index >= 15 is 0 Å². The molecule has 0 bridgehead atoms. The molecule has 0 N–H and O–H groups in total. The molecule has 1 heterocycles. The van der Waals surface area contributed by atoms with E-state index in [1.807, 2.05) is 0 Å². The Kier molecular flexibility index (Phi) is 5.04. The van der Waals surface area contributed by atoms with Crippen molar-refractivity contribution < 1.29 is 23.5 Å². The number of ether oxygens (including phenoxy) is 2. The average Bonchev–Trinajstić information content (AvgIpc) is 2.66. The van der Waals surface area contributed by atoms with Crippen molar-refractivity contribution in [3.8, 4) is 5.75 Å². The summed E-state index contributed by atoms with van der Waals surface area (Å²) in [5.41, 5.74) is 0.305. The molecular weight excluding hydrogens is 360 g/mol. The fourth-order valence-corrected chi connectivity index (χ4v) is 2.53. The summed E-state index contributed by atoms with van der Waals surface area (Å²) in [6, 6.07) is 12.3. The number of alkyl halides is 1. The molecule has 0 atom stereocenters. The molecule has 1 aromatic heterocycles. The quantitative estimate of drug-likeness (QED) is 0.301. The Bertz CT molecular complexity index is 1050. The summed E-state index contributed by atoms with van der Waals surface area (Å²) >= 11 is 5.80. The number of carbonyl (C=O) groups is 2. The maximum atomic E-state index is 12.4. The van der Waals surface area contributed by atoms with Crippen LogP contribution in [0, 0.1) is 0 Å². The summed E-state index contributed by atoms with van der Waals surface area (Å²) in [4.78, 5) is 36.0. The van der Waals surface area contributed by atoms with E-state index in [1.165, 1.54) is 37.4 Å². The number of esters is 2. The molecule has 0 unspecified atom stereocenters. The smallest absolute Gasteiger partial charge is 0.351 e. The van der Waals surface area contributed by atoms with Gasteiger partial charge in [-0.05, 0) is 42.0 Å². The second kappa shape index (κ2) is 7.41. The second-order valence-electron chi connectivity index (χ2n) is 5.36. The highest BCUT2D eigenvalue weighted by molar-refractivity contribution is 6.17. The first kappa shape index (κ1) is 17.7. The molecule has 0 spiro atoms. The van der Waals surface area contributed by atoms with Gasteiger partial charge >= 0.3 is 17.6 Å². The van der Waals surface area contributed by atoms with E-state index in [1.54, 1.807) is 18.2 Å². The Hall–Kier alpha value is -3.12. The molecule has 3 rings (SSSR count). The van der Waals surface area contributed by atoms with Crippen molar-refractivity contribution in [1.82, 2.24) is 0 Å². The largest absolute Gasteiger partial charge is 0.465 e. The van der Waals surface area contributed by atoms with E-state index in [0.717, 1.165) is 5.56 Å². The van der Waals surface area contributed by atoms with Crippen molar-refractivity contribution in [2.75, 3.05) is 7.11 Å². The molecule has 0 saturated carbocycles. The number of rotatable bonds is 4. The molecule has 0 saturated heterocycles. The molecule has 0 aliphatic rings. The minimum atomic E-state index is -0.890. The van der Waals surface area contributed by atoms with Gasteiger partial charge < -0.3 is 13.9 Å². The van der Waals surface area contributed by atoms with Crippen LogP contribution in [0.2, 0.25) is 0 Å². The van der Waals surface area contributed by atoms with Gasteiger partial charge in [0.1, 0.15) is 16.9 Å². The Balaban J connectivity index is 1.93. The van der Waals surface area contributed by atoms with Crippen molar-refractivity contribution in [3.63, 3.8) is 0 Å².